The lowest BCUT2D eigenvalue weighted by atomic mass is 9.82. The molecule has 0 bridgehead atoms. The van der Waals surface area contributed by atoms with Gasteiger partial charge < -0.3 is 19.9 Å². The van der Waals surface area contributed by atoms with Gasteiger partial charge in [0.2, 0.25) is 0 Å². The van der Waals surface area contributed by atoms with Crippen molar-refractivity contribution in [3.63, 3.8) is 0 Å². The highest BCUT2D eigenvalue weighted by Gasteiger charge is 2.39. The van der Waals surface area contributed by atoms with Gasteiger partial charge in [0.05, 0.1) is 12.2 Å². The number of piperidine rings is 1. The second-order valence-corrected chi connectivity index (χ2v) is 4.67. The molecule has 2 unspecified atom stereocenters. The van der Waals surface area contributed by atoms with Gasteiger partial charge in [0.1, 0.15) is 0 Å². The van der Waals surface area contributed by atoms with Crippen LogP contribution in [0.1, 0.15) is 25.7 Å². The van der Waals surface area contributed by atoms with Gasteiger partial charge >= 0.3 is 0 Å². The molecule has 0 aliphatic carbocycles. The first-order valence-corrected chi connectivity index (χ1v) is 5.81. The van der Waals surface area contributed by atoms with Gasteiger partial charge in [0.15, 0.2) is 6.29 Å². The molecule has 2 heterocycles. The molecule has 0 saturated carbocycles. The second kappa shape index (κ2) is 4.78. The van der Waals surface area contributed by atoms with Crippen molar-refractivity contribution >= 4 is 0 Å². The third kappa shape index (κ3) is 2.50. The van der Waals surface area contributed by atoms with E-state index >= 15 is 0 Å². The normalized spacial score (nSPS) is 32.8. The number of hydrogen-bond donors (Lipinski definition) is 2. The number of nitrogens with one attached hydrogen (secondary N) is 1. The van der Waals surface area contributed by atoms with Gasteiger partial charge in [-0.25, -0.2) is 0 Å². The number of hydrogen-bond acceptors (Lipinski definition) is 4. The van der Waals surface area contributed by atoms with Crippen LogP contribution in [0.2, 0.25) is 0 Å². The molecule has 2 aliphatic heterocycles. The van der Waals surface area contributed by atoms with Crippen molar-refractivity contribution in [1.82, 2.24) is 5.32 Å². The molecule has 4 nitrogen and oxygen atoms in total. The molecular weight excluding hydrogens is 194 g/mol. The molecule has 2 N–H and O–H groups in total. The van der Waals surface area contributed by atoms with Crippen LogP contribution >= 0.6 is 0 Å². The Kier molecular flexibility index (Phi) is 3.61. The van der Waals surface area contributed by atoms with Crippen LogP contribution in [0, 0.1) is 5.92 Å². The quantitative estimate of drug-likeness (QED) is 0.659. The van der Waals surface area contributed by atoms with Gasteiger partial charge in [-0.3, -0.25) is 0 Å². The SMILES string of the molecule is COC(O)C1CCC2(CCNCC2)OC1. The Balaban J connectivity index is 1.85. The van der Waals surface area contributed by atoms with Crippen LogP contribution in [-0.2, 0) is 9.47 Å². The molecule has 88 valence electrons. The van der Waals surface area contributed by atoms with Gasteiger partial charge in [-0.1, -0.05) is 0 Å². The molecule has 0 aromatic carbocycles. The predicted octanol–water partition coefficient (Wildman–Crippen LogP) is 0.500. The van der Waals surface area contributed by atoms with Crippen molar-refractivity contribution in [3.05, 3.63) is 0 Å². The Morgan fingerprint density at radius 2 is 2.13 bits per heavy atom. The van der Waals surface area contributed by atoms with Gasteiger partial charge in [0, 0.05) is 13.0 Å². The third-order valence-electron chi connectivity index (χ3n) is 3.73. The molecule has 0 radical (unpaired) electrons. The predicted molar refractivity (Wildman–Crippen MR) is 56.5 cm³/mol. The van der Waals surface area contributed by atoms with Crippen molar-refractivity contribution in [1.29, 1.82) is 0 Å². The molecule has 0 aromatic heterocycles. The van der Waals surface area contributed by atoms with E-state index in [1.165, 1.54) is 0 Å². The number of methoxy groups -OCH3 is 1. The number of aliphatic hydroxyl groups is 1. The summed E-state index contributed by atoms with van der Waals surface area (Å²) in [5.41, 5.74) is 0.0925. The zero-order valence-electron chi connectivity index (χ0n) is 9.37. The van der Waals surface area contributed by atoms with E-state index < -0.39 is 6.29 Å². The van der Waals surface area contributed by atoms with E-state index in [0.717, 1.165) is 38.8 Å². The third-order valence-corrected chi connectivity index (χ3v) is 3.73. The minimum absolute atomic E-state index is 0.0925. The van der Waals surface area contributed by atoms with Crippen LogP contribution in [0.3, 0.4) is 0 Å². The Morgan fingerprint density at radius 1 is 1.40 bits per heavy atom. The maximum atomic E-state index is 9.55. The monoisotopic (exact) mass is 215 g/mol. The first-order chi connectivity index (χ1) is 7.26. The highest BCUT2D eigenvalue weighted by molar-refractivity contribution is 4.90. The standard InChI is InChI=1S/C11H21NO3/c1-14-10(13)9-2-3-11(15-8-9)4-6-12-7-5-11/h9-10,12-13H,2-8H2,1H3. The van der Waals surface area contributed by atoms with Crippen molar-refractivity contribution in [2.45, 2.75) is 37.6 Å². The average Bonchev–Trinajstić information content (AvgIpc) is 2.30. The van der Waals surface area contributed by atoms with E-state index in [9.17, 15) is 5.11 Å². The van der Waals surface area contributed by atoms with Gasteiger partial charge in [0.25, 0.3) is 0 Å². The summed E-state index contributed by atoms with van der Waals surface area (Å²) in [6.45, 7) is 2.74. The van der Waals surface area contributed by atoms with E-state index in [1.54, 1.807) is 7.11 Å². The van der Waals surface area contributed by atoms with Crippen molar-refractivity contribution in [3.8, 4) is 0 Å². The Labute approximate surface area is 90.9 Å². The fourth-order valence-corrected chi connectivity index (χ4v) is 2.58. The Hall–Kier alpha value is -0.160. The number of rotatable bonds is 2. The molecule has 1 spiro atoms. The molecule has 2 atom stereocenters. The zero-order chi connectivity index (χ0) is 10.7. The minimum atomic E-state index is -0.663. The fourth-order valence-electron chi connectivity index (χ4n) is 2.58. The van der Waals surface area contributed by atoms with E-state index in [4.69, 9.17) is 9.47 Å². The first-order valence-electron chi connectivity index (χ1n) is 5.81. The average molecular weight is 215 g/mol. The van der Waals surface area contributed by atoms with E-state index in [2.05, 4.69) is 5.32 Å². The van der Waals surface area contributed by atoms with Crippen LogP contribution < -0.4 is 5.32 Å². The van der Waals surface area contributed by atoms with E-state index in [0.29, 0.717) is 6.61 Å². The summed E-state index contributed by atoms with van der Waals surface area (Å²) in [5.74, 6) is 0.149. The summed E-state index contributed by atoms with van der Waals surface area (Å²) in [5, 5.41) is 12.9. The summed E-state index contributed by atoms with van der Waals surface area (Å²) < 4.78 is 10.9. The molecule has 2 rings (SSSR count). The number of ether oxygens (including phenoxy) is 2. The highest BCUT2D eigenvalue weighted by atomic mass is 16.6. The van der Waals surface area contributed by atoms with E-state index in [-0.39, 0.29) is 11.5 Å². The first kappa shape index (κ1) is 11.3. The zero-order valence-corrected chi connectivity index (χ0v) is 9.37. The summed E-state index contributed by atoms with van der Waals surface area (Å²) in [6, 6.07) is 0. The lowest BCUT2D eigenvalue weighted by Crippen LogP contribution is -2.49. The summed E-state index contributed by atoms with van der Waals surface area (Å²) in [4.78, 5) is 0. The van der Waals surface area contributed by atoms with Gasteiger partial charge in [-0.2, -0.15) is 0 Å². The maximum absolute atomic E-state index is 9.55. The lowest BCUT2D eigenvalue weighted by Gasteiger charge is -2.43. The van der Waals surface area contributed by atoms with Crippen molar-refractivity contribution < 1.29 is 14.6 Å². The molecule has 2 saturated heterocycles. The van der Waals surface area contributed by atoms with Crippen LogP contribution in [0.25, 0.3) is 0 Å². The minimum Gasteiger partial charge on any atom is -0.374 e. The van der Waals surface area contributed by atoms with Crippen molar-refractivity contribution in [2.24, 2.45) is 5.92 Å². The summed E-state index contributed by atoms with van der Waals surface area (Å²) in [7, 11) is 1.54. The molecular formula is C11H21NO3. The van der Waals surface area contributed by atoms with Crippen LogP contribution in [0.4, 0.5) is 0 Å². The van der Waals surface area contributed by atoms with Crippen LogP contribution in [-0.4, -0.2) is 43.8 Å². The lowest BCUT2D eigenvalue weighted by molar-refractivity contribution is -0.184. The molecule has 15 heavy (non-hydrogen) atoms. The topological polar surface area (TPSA) is 50.7 Å². The molecule has 2 fully saturated rings. The summed E-state index contributed by atoms with van der Waals surface area (Å²) in [6.07, 6.45) is 3.60. The molecule has 0 amide bonds. The maximum Gasteiger partial charge on any atom is 0.159 e. The molecule has 2 aliphatic rings. The van der Waals surface area contributed by atoms with Crippen LogP contribution in [0.15, 0.2) is 0 Å². The summed E-state index contributed by atoms with van der Waals surface area (Å²) >= 11 is 0. The highest BCUT2D eigenvalue weighted by Crippen LogP contribution is 2.35. The van der Waals surface area contributed by atoms with E-state index in [1.807, 2.05) is 0 Å². The Morgan fingerprint density at radius 3 is 2.67 bits per heavy atom. The fraction of sp³-hybridized carbons (Fsp3) is 1.00. The van der Waals surface area contributed by atoms with Gasteiger partial charge in [-0.05, 0) is 38.8 Å². The molecule has 4 heteroatoms. The van der Waals surface area contributed by atoms with Crippen LogP contribution in [0.5, 0.6) is 0 Å². The largest absolute Gasteiger partial charge is 0.374 e. The smallest absolute Gasteiger partial charge is 0.159 e. The van der Waals surface area contributed by atoms with Gasteiger partial charge in [-0.15, -0.1) is 0 Å². The second-order valence-electron chi connectivity index (χ2n) is 4.67. The Bertz CT molecular complexity index is 194. The van der Waals surface area contributed by atoms with Crippen molar-refractivity contribution in [2.75, 3.05) is 26.8 Å². The molecule has 0 aromatic rings. The number of aliphatic hydroxyl groups excluding tert-OH is 1.